The topological polar surface area (TPSA) is 76.3 Å². The largest absolute Gasteiger partial charge is 0.369 e. The number of amides is 2. The van der Waals surface area contributed by atoms with E-state index in [9.17, 15) is 14.0 Å². The number of primary amides is 1. The van der Waals surface area contributed by atoms with Crippen molar-refractivity contribution in [3.05, 3.63) is 28.8 Å². The minimum atomic E-state index is -0.678. The van der Waals surface area contributed by atoms with Crippen molar-refractivity contribution in [2.24, 2.45) is 11.7 Å². The second kappa shape index (κ2) is 6.39. The van der Waals surface area contributed by atoms with Crippen LogP contribution in [0.3, 0.4) is 0 Å². The van der Waals surface area contributed by atoms with Crippen LogP contribution in [0, 0.1) is 11.9 Å². The van der Waals surface area contributed by atoms with E-state index < -0.39 is 17.8 Å². The third-order valence-electron chi connectivity index (χ3n) is 3.76. The third-order valence-corrected chi connectivity index (χ3v) is 4.07. The molecule has 1 aliphatic heterocycles. The quantitative estimate of drug-likeness (QED) is 0.863. The zero-order chi connectivity index (χ0) is 15.6. The molecule has 2 amide bonds. The lowest BCUT2D eigenvalue weighted by atomic mass is 9.95. The fraction of sp³-hybridized carbons (Fsp3) is 0.500. The summed E-state index contributed by atoms with van der Waals surface area (Å²) >= 11 is 5.98. The van der Waals surface area contributed by atoms with E-state index in [0.29, 0.717) is 19.5 Å². The van der Waals surface area contributed by atoms with Gasteiger partial charge in [0.25, 0.3) is 0 Å². The van der Waals surface area contributed by atoms with E-state index in [-0.39, 0.29) is 22.5 Å². The lowest BCUT2D eigenvalue weighted by molar-refractivity contribution is -0.136. The van der Waals surface area contributed by atoms with Crippen LogP contribution in [0.4, 0.5) is 4.39 Å². The monoisotopic (exact) mass is 313 g/mol. The van der Waals surface area contributed by atoms with Gasteiger partial charge in [-0.25, -0.2) is 4.98 Å². The molecule has 2 heterocycles. The minimum absolute atomic E-state index is 0.211. The number of nitrogens with two attached hydrogens (primary N) is 1. The Labute approximate surface area is 127 Å². The molecule has 5 nitrogen and oxygen atoms in total. The molecule has 2 rings (SSSR count). The lowest BCUT2D eigenvalue weighted by Crippen LogP contribution is -2.45. The van der Waals surface area contributed by atoms with Gasteiger partial charge in [0.2, 0.25) is 17.8 Å². The number of hydrogen-bond donors (Lipinski definition) is 1. The molecule has 1 saturated heterocycles. The highest BCUT2D eigenvalue weighted by molar-refractivity contribution is 6.31. The molecular weight excluding hydrogens is 297 g/mol. The van der Waals surface area contributed by atoms with Crippen LogP contribution in [0.15, 0.2) is 12.1 Å². The molecular formula is C14H17ClFN3O2. The van der Waals surface area contributed by atoms with E-state index in [4.69, 9.17) is 17.3 Å². The molecule has 0 bridgehead atoms. The van der Waals surface area contributed by atoms with Gasteiger partial charge in [-0.05, 0) is 31.9 Å². The number of carbonyl (C=O) groups excluding carboxylic acids is 2. The van der Waals surface area contributed by atoms with Gasteiger partial charge in [0, 0.05) is 13.1 Å². The molecule has 0 saturated carbocycles. The highest BCUT2D eigenvalue weighted by Gasteiger charge is 2.31. The molecule has 1 aromatic rings. The lowest BCUT2D eigenvalue weighted by Gasteiger charge is -2.33. The molecule has 2 atom stereocenters. The molecule has 7 heteroatoms. The number of hydrogen-bond acceptors (Lipinski definition) is 3. The van der Waals surface area contributed by atoms with Crippen LogP contribution in [0.25, 0.3) is 0 Å². The highest BCUT2D eigenvalue weighted by Crippen LogP contribution is 2.26. The smallest absolute Gasteiger partial charge is 0.231 e. The fourth-order valence-corrected chi connectivity index (χ4v) is 2.81. The average molecular weight is 314 g/mol. The van der Waals surface area contributed by atoms with Crippen molar-refractivity contribution in [1.82, 2.24) is 9.88 Å². The van der Waals surface area contributed by atoms with Crippen molar-refractivity contribution in [2.45, 2.75) is 25.7 Å². The summed E-state index contributed by atoms with van der Waals surface area (Å²) in [6.07, 6.45) is 1.41. The summed E-state index contributed by atoms with van der Waals surface area (Å²) in [6.45, 7) is 2.48. The van der Waals surface area contributed by atoms with Crippen LogP contribution in [0.5, 0.6) is 0 Å². The van der Waals surface area contributed by atoms with Crippen LogP contribution in [-0.2, 0) is 9.59 Å². The minimum Gasteiger partial charge on any atom is -0.369 e. The second-order valence-electron chi connectivity index (χ2n) is 5.25. The van der Waals surface area contributed by atoms with Gasteiger partial charge in [0.15, 0.2) is 0 Å². The Morgan fingerprint density at radius 3 is 2.90 bits per heavy atom. The van der Waals surface area contributed by atoms with E-state index in [2.05, 4.69) is 4.98 Å². The van der Waals surface area contributed by atoms with Gasteiger partial charge >= 0.3 is 0 Å². The summed E-state index contributed by atoms with van der Waals surface area (Å²) in [6, 6.07) is 2.53. The van der Waals surface area contributed by atoms with Gasteiger partial charge < -0.3 is 10.6 Å². The molecule has 0 unspecified atom stereocenters. The van der Waals surface area contributed by atoms with Crippen LogP contribution in [0.2, 0.25) is 5.02 Å². The second-order valence-corrected chi connectivity index (χ2v) is 5.66. The number of likely N-dealkylation sites (tertiary alicyclic amines) is 1. The molecule has 114 valence electrons. The number of rotatable bonds is 3. The first-order valence-electron chi connectivity index (χ1n) is 6.80. The van der Waals surface area contributed by atoms with Crippen LogP contribution in [0.1, 0.15) is 31.4 Å². The summed E-state index contributed by atoms with van der Waals surface area (Å²) in [5.41, 5.74) is 5.51. The number of aromatic nitrogens is 1. The van der Waals surface area contributed by atoms with Crippen molar-refractivity contribution >= 4 is 23.4 Å². The van der Waals surface area contributed by atoms with Gasteiger partial charge in [0.05, 0.1) is 22.6 Å². The average Bonchev–Trinajstić information content (AvgIpc) is 2.48. The first-order valence-corrected chi connectivity index (χ1v) is 7.18. The predicted octanol–water partition coefficient (Wildman–Crippen LogP) is 1.70. The Morgan fingerprint density at radius 2 is 2.24 bits per heavy atom. The Hall–Kier alpha value is -1.69. The van der Waals surface area contributed by atoms with Crippen molar-refractivity contribution in [3.8, 4) is 0 Å². The first kappa shape index (κ1) is 15.7. The normalized spacial score (nSPS) is 20.1. The molecule has 1 aliphatic rings. The van der Waals surface area contributed by atoms with Crippen molar-refractivity contribution < 1.29 is 14.0 Å². The maximum Gasteiger partial charge on any atom is 0.231 e. The molecule has 1 aromatic heterocycles. The number of halogens is 2. The summed E-state index contributed by atoms with van der Waals surface area (Å²) < 4.78 is 13.2. The molecule has 0 aromatic carbocycles. The molecule has 0 radical (unpaired) electrons. The summed E-state index contributed by atoms with van der Waals surface area (Å²) in [7, 11) is 0. The van der Waals surface area contributed by atoms with Crippen molar-refractivity contribution in [2.75, 3.05) is 13.1 Å². The summed E-state index contributed by atoms with van der Waals surface area (Å²) in [4.78, 5) is 29.0. The van der Waals surface area contributed by atoms with Gasteiger partial charge in [-0.1, -0.05) is 11.6 Å². The Morgan fingerprint density at radius 1 is 1.52 bits per heavy atom. The SMILES string of the molecule is C[C@H](C(=O)N1CCC[C@H](C(N)=O)C1)c1nc(F)ccc1Cl. The van der Waals surface area contributed by atoms with Gasteiger partial charge in [-0.15, -0.1) is 0 Å². The zero-order valence-electron chi connectivity index (χ0n) is 11.7. The third kappa shape index (κ3) is 3.50. The molecule has 21 heavy (non-hydrogen) atoms. The van der Waals surface area contributed by atoms with E-state index in [1.165, 1.54) is 6.07 Å². The van der Waals surface area contributed by atoms with Crippen molar-refractivity contribution in [1.29, 1.82) is 0 Å². The predicted molar refractivity (Wildman–Crippen MR) is 76.1 cm³/mol. The van der Waals surface area contributed by atoms with Gasteiger partial charge in [-0.3, -0.25) is 9.59 Å². The van der Waals surface area contributed by atoms with Gasteiger partial charge in [0.1, 0.15) is 0 Å². The van der Waals surface area contributed by atoms with Crippen LogP contribution in [-0.4, -0.2) is 34.8 Å². The van der Waals surface area contributed by atoms with Crippen molar-refractivity contribution in [3.63, 3.8) is 0 Å². The van der Waals surface area contributed by atoms with Crippen LogP contribution < -0.4 is 5.73 Å². The molecule has 0 spiro atoms. The maximum absolute atomic E-state index is 13.2. The number of pyridine rings is 1. The molecule has 1 fully saturated rings. The van der Waals surface area contributed by atoms with E-state index in [1.807, 2.05) is 0 Å². The maximum atomic E-state index is 13.2. The van der Waals surface area contributed by atoms with Crippen LogP contribution >= 0.6 is 11.6 Å². The number of carbonyl (C=O) groups is 2. The number of piperidine rings is 1. The first-order chi connectivity index (χ1) is 9.90. The van der Waals surface area contributed by atoms with E-state index in [0.717, 1.165) is 12.5 Å². The van der Waals surface area contributed by atoms with E-state index in [1.54, 1.807) is 11.8 Å². The standard InChI is InChI=1S/C14H17ClFN3O2/c1-8(12-10(15)4-5-11(16)18-12)14(21)19-6-2-3-9(7-19)13(17)20/h4-5,8-9H,2-3,6-7H2,1H3,(H2,17,20)/t8-,9-/m0/s1. The summed E-state index contributed by atoms with van der Waals surface area (Å²) in [5, 5.41) is 0.251. The zero-order valence-corrected chi connectivity index (χ0v) is 12.4. The van der Waals surface area contributed by atoms with E-state index >= 15 is 0 Å². The molecule has 2 N–H and O–H groups in total. The summed E-state index contributed by atoms with van der Waals surface area (Å²) in [5.74, 6) is -2.30. The Bertz CT molecular complexity index is 567. The number of nitrogens with zero attached hydrogens (tertiary/aromatic N) is 2. The van der Waals surface area contributed by atoms with Gasteiger partial charge in [-0.2, -0.15) is 4.39 Å². The Balaban J connectivity index is 2.15. The highest BCUT2D eigenvalue weighted by atomic mass is 35.5. The Kier molecular flexibility index (Phi) is 4.77. The fourth-order valence-electron chi connectivity index (χ4n) is 2.54. The molecule has 0 aliphatic carbocycles.